The summed E-state index contributed by atoms with van der Waals surface area (Å²) in [5, 5.41) is 10.6. The first-order valence-corrected chi connectivity index (χ1v) is 12.5. The molecule has 5 rings (SSSR count). The minimum atomic E-state index is 0.0371. The van der Waals surface area contributed by atoms with E-state index in [1.165, 1.54) is 0 Å². The molecule has 184 valence electrons. The van der Waals surface area contributed by atoms with Gasteiger partial charge in [0.1, 0.15) is 11.3 Å². The summed E-state index contributed by atoms with van der Waals surface area (Å²) in [6, 6.07) is 11.7. The molecule has 8 nitrogen and oxygen atoms in total. The number of amides is 2. The maximum Gasteiger partial charge on any atom is 0.260 e. The van der Waals surface area contributed by atoms with Crippen LogP contribution in [0.2, 0.25) is 0 Å². The molecular formula is C27H33N5O3. The van der Waals surface area contributed by atoms with Gasteiger partial charge in [-0.3, -0.25) is 14.7 Å². The van der Waals surface area contributed by atoms with Crippen LogP contribution in [-0.2, 0) is 4.79 Å². The Morgan fingerprint density at radius 3 is 2.51 bits per heavy atom. The molecule has 2 atom stereocenters. The molecule has 0 aliphatic carbocycles. The number of rotatable bonds is 5. The fourth-order valence-electron chi connectivity index (χ4n) is 5.39. The van der Waals surface area contributed by atoms with Crippen molar-refractivity contribution in [3.63, 3.8) is 0 Å². The highest BCUT2D eigenvalue weighted by Gasteiger charge is 2.38. The number of nitrogens with one attached hydrogen (secondary N) is 1. The van der Waals surface area contributed by atoms with Crippen molar-refractivity contribution >= 4 is 22.8 Å². The van der Waals surface area contributed by atoms with Crippen molar-refractivity contribution in [1.29, 1.82) is 0 Å². The summed E-state index contributed by atoms with van der Waals surface area (Å²) in [4.78, 5) is 30.0. The number of aromatic nitrogens is 3. The number of benzene rings is 2. The number of H-pyrrole nitrogens is 1. The second kappa shape index (κ2) is 9.68. The van der Waals surface area contributed by atoms with E-state index >= 15 is 0 Å². The molecule has 2 aromatic carbocycles. The quantitative estimate of drug-likeness (QED) is 0.606. The predicted octanol–water partition coefficient (Wildman–Crippen LogP) is 3.78. The lowest BCUT2D eigenvalue weighted by atomic mass is 9.92. The number of fused-ring (bicyclic) bond motifs is 2. The largest absolute Gasteiger partial charge is 0.483 e. The second-order valence-electron chi connectivity index (χ2n) is 10.2. The molecule has 35 heavy (non-hydrogen) atoms. The molecule has 0 unspecified atom stereocenters. The summed E-state index contributed by atoms with van der Waals surface area (Å²) in [5.74, 6) is 2.05. The van der Waals surface area contributed by atoms with Gasteiger partial charge in [-0.1, -0.05) is 31.2 Å². The average Bonchev–Trinajstić information content (AvgIpc) is 3.43. The van der Waals surface area contributed by atoms with Crippen molar-refractivity contribution in [2.24, 2.45) is 11.8 Å². The lowest BCUT2D eigenvalue weighted by Crippen LogP contribution is -2.37. The zero-order valence-corrected chi connectivity index (χ0v) is 20.7. The highest BCUT2D eigenvalue weighted by molar-refractivity contribution is 5.97. The van der Waals surface area contributed by atoms with E-state index in [2.05, 4.69) is 41.4 Å². The summed E-state index contributed by atoms with van der Waals surface area (Å²) in [6.45, 7) is 9.25. The zero-order valence-electron chi connectivity index (χ0n) is 20.7. The molecule has 2 aliphatic heterocycles. The van der Waals surface area contributed by atoms with Crippen LogP contribution in [0, 0.1) is 18.8 Å². The third-order valence-electron chi connectivity index (χ3n) is 7.47. The van der Waals surface area contributed by atoms with E-state index in [1.807, 2.05) is 34.9 Å². The van der Waals surface area contributed by atoms with Gasteiger partial charge in [0, 0.05) is 31.7 Å². The first-order chi connectivity index (χ1) is 16.9. The number of hydrogen-bond donors (Lipinski definition) is 1. The highest BCUT2D eigenvalue weighted by atomic mass is 16.5. The molecule has 0 spiro atoms. The van der Waals surface area contributed by atoms with Crippen LogP contribution in [0.4, 0.5) is 0 Å². The third kappa shape index (κ3) is 4.88. The first-order valence-electron chi connectivity index (χ1n) is 12.5. The normalized spacial score (nSPS) is 20.2. The van der Waals surface area contributed by atoms with Crippen molar-refractivity contribution in [3.05, 3.63) is 53.1 Å². The molecule has 2 amide bonds. The number of ether oxygens (including phenoxy) is 1. The number of aryl methyl sites for hydroxylation is 1. The van der Waals surface area contributed by atoms with Gasteiger partial charge in [-0.25, -0.2) is 0 Å². The molecule has 2 saturated heterocycles. The minimum Gasteiger partial charge on any atom is -0.483 e. The molecular weight excluding hydrogens is 442 g/mol. The molecule has 2 fully saturated rings. The highest BCUT2D eigenvalue weighted by Crippen LogP contribution is 2.33. The maximum absolute atomic E-state index is 13.1. The summed E-state index contributed by atoms with van der Waals surface area (Å²) in [5.41, 5.74) is 4.42. The number of aromatic amines is 1. The average molecular weight is 476 g/mol. The summed E-state index contributed by atoms with van der Waals surface area (Å²) in [6.07, 6.45) is 1.81. The molecule has 1 aromatic heterocycles. The molecule has 3 heterocycles. The second-order valence-corrected chi connectivity index (χ2v) is 10.2. The Morgan fingerprint density at radius 1 is 1.06 bits per heavy atom. The number of nitrogens with zero attached hydrogens (tertiary/aromatic N) is 4. The summed E-state index contributed by atoms with van der Waals surface area (Å²) >= 11 is 0. The number of hydrogen-bond acceptors (Lipinski definition) is 5. The van der Waals surface area contributed by atoms with Gasteiger partial charge in [0.15, 0.2) is 6.61 Å². The van der Waals surface area contributed by atoms with Crippen LogP contribution in [0.5, 0.6) is 5.75 Å². The Morgan fingerprint density at radius 2 is 1.80 bits per heavy atom. The van der Waals surface area contributed by atoms with E-state index < -0.39 is 0 Å². The van der Waals surface area contributed by atoms with Crippen LogP contribution in [0.3, 0.4) is 0 Å². The van der Waals surface area contributed by atoms with E-state index in [4.69, 9.17) is 4.74 Å². The van der Waals surface area contributed by atoms with Gasteiger partial charge in [-0.15, -0.1) is 5.10 Å². The van der Waals surface area contributed by atoms with Crippen molar-refractivity contribution in [1.82, 2.24) is 25.2 Å². The smallest absolute Gasteiger partial charge is 0.260 e. The minimum absolute atomic E-state index is 0.0371. The Kier molecular flexibility index (Phi) is 6.45. The number of carbonyl (C=O) groups is 2. The van der Waals surface area contributed by atoms with Crippen LogP contribution < -0.4 is 4.74 Å². The Balaban J connectivity index is 1.16. The topological polar surface area (TPSA) is 91.4 Å². The Labute approximate surface area is 205 Å². The van der Waals surface area contributed by atoms with E-state index in [1.54, 1.807) is 6.07 Å². The number of carbonyl (C=O) groups excluding carboxylic acids is 2. The third-order valence-corrected chi connectivity index (χ3v) is 7.47. The fraction of sp³-hybridized carbons (Fsp3) is 0.481. The SMILES string of the molecule is Cc1ccc(C(C)C)c(OCC(=O)N2CC[C@@H]3CN(C(=O)c4ccc5[nH]nnc5c4)C[C@@H]3CC2)c1. The van der Waals surface area contributed by atoms with Gasteiger partial charge in [0.25, 0.3) is 11.8 Å². The molecule has 0 radical (unpaired) electrons. The first kappa shape index (κ1) is 23.3. The zero-order chi connectivity index (χ0) is 24.5. The Hall–Kier alpha value is -3.42. The monoisotopic (exact) mass is 475 g/mol. The van der Waals surface area contributed by atoms with Gasteiger partial charge >= 0.3 is 0 Å². The van der Waals surface area contributed by atoms with E-state index in [0.29, 0.717) is 41.9 Å². The van der Waals surface area contributed by atoms with Crippen LogP contribution in [-0.4, -0.2) is 69.8 Å². The lowest BCUT2D eigenvalue weighted by molar-refractivity contribution is -0.133. The molecule has 0 bridgehead atoms. The molecule has 3 aromatic rings. The van der Waals surface area contributed by atoms with Crippen molar-refractivity contribution < 1.29 is 14.3 Å². The van der Waals surface area contributed by atoms with Crippen molar-refractivity contribution in [3.8, 4) is 5.75 Å². The molecule has 2 aliphatic rings. The van der Waals surface area contributed by atoms with Crippen LogP contribution >= 0.6 is 0 Å². The number of likely N-dealkylation sites (tertiary alicyclic amines) is 2. The van der Waals surface area contributed by atoms with Crippen LogP contribution in [0.1, 0.15) is 54.1 Å². The van der Waals surface area contributed by atoms with E-state index in [9.17, 15) is 9.59 Å². The van der Waals surface area contributed by atoms with Crippen LogP contribution in [0.25, 0.3) is 11.0 Å². The summed E-state index contributed by atoms with van der Waals surface area (Å²) < 4.78 is 6.00. The van der Waals surface area contributed by atoms with Gasteiger partial charge < -0.3 is 14.5 Å². The maximum atomic E-state index is 13.1. The van der Waals surface area contributed by atoms with Crippen LogP contribution in [0.15, 0.2) is 36.4 Å². The lowest BCUT2D eigenvalue weighted by Gasteiger charge is -2.23. The fourth-order valence-corrected chi connectivity index (χ4v) is 5.39. The van der Waals surface area contributed by atoms with E-state index in [-0.39, 0.29) is 18.4 Å². The van der Waals surface area contributed by atoms with Gasteiger partial charge in [-0.05, 0) is 72.9 Å². The molecule has 8 heteroatoms. The standard InChI is InChI=1S/C27H33N5O3/c1-17(2)22-6-4-18(3)12-25(22)35-16-26(33)31-10-8-20-14-32(15-21(20)9-11-31)27(34)19-5-7-23-24(13-19)29-30-28-23/h4-7,12-13,17,20-21H,8-11,14-16H2,1-3H3,(H,28,29,30)/t20-,21+. The Bertz CT molecular complexity index is 1220. The van der Waals surface area contributed by atoms with E-state index in [0.717, 1.165) is 48.3 Å². The molecule has 1 N–H and O–H groups in total. The van der Waals surface area contributed by atoms with Crippen molar-refractivity contribution in [2.75, 3.05) is 32.8 Å². The van der Waals surface area contributed by atoms with Gasteiger partial charge in [-0.2, -0.15) is 0 Å². The van der Waals surface area contributed by atoms with Crippen molar-refractivity contribution in [2.45, 2.75) is 39.5 Å². The summed E-state index contributed by atoms with van der Waals surface area (Å²) in [7, 11) is 0. The molecule has 0 saturated carbocycles. The van der Waals surface area contributed by atoms with Gasteiger partial charge in [0.05, 0.1) is 5.52 Å². The van der Waals surface area contributed by atoms with Gasteiger partial charge in [0.2, 0.25) is 0 Å². The predicted molar refractivity (Wildman–Crippen MR) is 133 cm³/mol.